The first kappa shape index (κ1) is 19.1. The van der Waals surface area contributed by atoms with Crippen molar-refractivity contribution in [2.45, 2.75) is 44.6 Å². The molecule has 1 saturated carbocycles. The van der Waals surface area contributed by atoms with Crippen molar-refractivity contribution in [2.75, 3.05) is 18.4 Å². The average molecular weight is 375 g/mol. The topological polar surface area (TPSA) is 84.1 Å². The Labute approximate surface area is 160 Å². The van der Waals surface area contributed by atoms with Crippen molar-refractivity contribution in [1.29, 1.82) is 0 Å². The van der Waals surface area contributed by atoms with Crippen LogP contribution in [0.5, 0.6) is 0 Å². The van der Waals surface area contributed by atoms with Gasteiger partial charge < -0.3 is 16.2 Å². The van der Waals surface area contributed by atoms with Crippen molar-refractivity contribution in [1.82, 2.24) is 9.97 Å². The molecule has 5 nitrogen and oxygen atoms in total. The molecule has 2 heterocycles. The summed E-state index contributed by atoms with van der Waals surface area (Å²) >= 11 is 6.40. The van der Waals surface area contributed by atoms with Crippen LogP contribution in [-0.2, 0) is 6.42 Å². The summed E-state index contributed by atoms with van der Waals surface area (Å²) in [7, 11) is 0. The van der Waals surface area contributed by atoms with Gasteiger partial charge in [-0.2, -0.15) is 0 Å². The van der Waals surface area contributed by atoms with Crippen LogP contribution in [0.3, 0.4) is 0 Å². The van der Waals surface area contributed by atoms with Crippen LogP contribution >= 0.6 is 11.6 Å². The maximum Gasteiger partial charge on any atom is 0.126 e. The van der Waals surface area contributed by atoms with Crippen molar-refractivity contribution in [3.05, 3.63) is 41.2 Å². The van der Waals surface area contributed by atoms with E-state index in [-0.39, 0.29) is 6.10 Å². The van der Waals surface area contributed by atoms with Crippen LogP contribution < -0.4 is 11.1 Å². The van der Waals surface area contributed by atoms with Crippen molar-refractivity contribution in [3.63, 3.8) is 0 Å². The molecule has 6 heteroatoms. The van der Waals surface area contributed by atoms with Crippen molar-refractivity contribution in [3.8, 4) is 11.3 Å². The maximum absolute atomic E-state index is 9.67. The number of rotatable bonds is 7. The Morgan fingerprint density at radius 3 is 2.81 bits per heavy atom. The van der Waals surface area contributed by atoms with E-state index in [9.17, 15) is 5.11 Å². The highest BCUT2D eigenvalue weighted by Crippen LogP contribution is 2.31. The molecular weight excluding hydrogens is 348 g/mol. The number of nitrogens with zero attached hydrogens (tertiary/aromatic N) is 2. The minimum Gasteiger partial charge on any atom is -0.393 e. The molecule has 0 radical (unpaired) electrons. The number of nitrogens with one attached hydrogen (secondary N) is 1. The minimum absolute atomic E-state index is 0.126. The molecule has 0 atom stereocenters. The lowest BCUT2D eigenvalue weighted by molar-refractivity contribution is 0.108. The van der Waals surface area contributed by atoms with E-state index in [1.165, 1.54) is 0 Å². The second-order valence-corrected chi connectivity index (χ2v) is 7.42. The molecule has 26 heavy (non-hydrogen) atoms. The van der Waals surface area contributed by atoms with E-state index in [4.69, 9.17) is 17.3 Å². The number of halogens is 1. The number of anilines is 1. The van der Waals surface area contributed by atoms with Gasteiger partial charge in [-0.05, 0) is 69.2 Å². The summed E-state index contributed by atoms with van der Waals surface area (Å²) in [5, 5.41) is 13.6. The molecule has 2 aromatic rings. The van der Waals surface area contributed by atoms with Gasteiger partial charge in [0.2, 0.25) is 0 Å². The van der Waals surface area contributed by atoms with Gasteiger partial charge in [0.15, 0.2) is 0 Å². The summed E-state index contributed by atoms with van der Waals surface area (Å²) < 4.78 is 0. The van der Waals surface area contributed by atoms with Gasteiger partial charge in [-0.3, -0.25) is 4.98 Å². The zero-order valence-electron chi connectivity index (χ0n) is 15.0. The monoisotopic (exact) mass is 374 g/mol. The highest BCUT2D eigenvalue weighted by molar-refractivity contribution is 6.33. The van der Waals surface area contributed by atoms with E-state index in [0.29, 0.717) is 17.5 Å². The fourth-order valence-electron chi connectivity index (χ4n) is 3.44. The van der Waals surface area contributed by atoms with Gasteiger partial charge in [-0.25, -0.2) is 4.98 Å². The Hall–Kier alpha value is -1.69. The number of pyridine rings is 2. The molecule has 0 bridgehead atoms. The summed E-state index contributed by atoms with van der Waals surface area (Å²) in [6, 6.07) is 7.95. The number of aromatic nitrogens is 2. The minimum atomic E-state index is -0.126. The first-order valence-electron chi connectivity index (χ1n) is 9.39. The Bertz CT molecular complexity index is 717. The van der Waals surface area contributed by atoms with Crippen molar-refractivity contribution >= 4 is 17.4 Å². The first-order valence-corrected chi connectivity index (χ1v) is 9.77. The molecule has 0 saturated heterocycles. The Morgan fingerprint density at radius 2 is 2.04 bits per heavy atom. The second-order valence-electron chi connectivity index (χ2n) is 7.01. The van der Waals surface area contributed by atoms with Crippen LogP contribution in [0.25, 0.3) is 11.3 Å². The third-order valence-corrected chi connectivity index (χ3v) is 5.24. The Morgan fingerprint density at radius 1 is 1.23 bits per heavy atom. The fourth-order valence-corrected chi connectivity index (χ4v) is 3.64. The molecule has 0 amide bonds. The number of hydrogen-bond acceptors (Lipinski definition) is 5. The van der Waals surface area contributed by atoms with Crippen LogP contribution in [0.4, 0.5) is 5.82 Å². The maximum atomic E-state index is 9.67. The lowest BCUT2D eigenvalue weighted by Crippen LogP contribution is -2.19. The van der Waals surface area contributed by atoms with Crippen LogP contribution in [0.1, 0.15) is 37.8 Å². The van der Waals surface area contributed by atoms with E-state index in [1.807, 2.05) is 18.2 Å². The first-order chi connectivity index (χ1) is 12.7. The van der Waals surface area contributed by atoms with Crippen LogP contribution in [0.2, 0.25) is 5.02 Å². The molecule has 0 aromatic carbocycles. The van der Waals surface area contributed by atoms with Gasteiger partial charge in [0, 0.05) is 24.0 Å². The molecule has 4 N–H and O–H groups in total. The van der Waals surface area contributed by atoms with Gasteiger partial charge in [-0.1, -0.05) is 17.7 Å². The summed E-state index contributed by atoms with van der Waals surface area (Å²) in [6.07, 6.45) is 7.32. The number of hydrogen-bond donors (Lipinski definition) is 3. The molecule has 1 aliphatic rings. The molecule has 0 spiro atoms. The van der Waals surface area contributed by atoms with Gasteiger partial charge in [0.25, 0.3) is 0 Å². The number of aliphatic hydroxyl groups is 1. The van der Waals surface area contributed by atoms with Gasteiger partial charge in [0.1, 0.15) is 5.82 Å². The summed E-state index contributed by atoms with van der Waals surface area (Å²) in [5.41, 5.74) is 8.33. The van der Waals surface area contributed by atoms with Crippen molar-refractivity contribution in [2.24, 2.45) is 11.7 Å². The zero-order chi connectivity index (χ0) is 18.4. The molecule has 2 aromatic heterocycles. The van der Waals surface area contributed by atoms with Gasteiger partial charge in [-0.15, -0.1) is 0 Å². The molecule has 0 aliphatic heterocycles. The summed E-state index contributed by atoms with van der Waals surface area (Å²) in [4.78, 5) is 9.19. The molecule has 3 rings (SSSR count). The van der Waals surface area contributed by atoms with Crippen LogP contribution in [0, 0.1) is 5.92 Å². The fraction of sp³-hybridized carbons (Fsp3) is 0.500. The highest BCUT2D eigenvalue weighted by atomic mass is 35.5. The second kappa shape index (κ2) is 9.31. The third-order valence-electron chi connectivity index (χ3n) is 4.94. The average Bonchev–Trinajstić information content (AvgIpc) is 2.66. The Balaban J connectivity index is 1.74. The largest absolute Gasteiger partial charge is 0.393 e. The molecule has 1 fully saturated rings. The summed E-state index contributed by atoms with van der Waals surface area (Å²) in [6.45, 7) is 1.46. The van der Waals surface area contributed by atoms with E-state index in [0.717, 1.165) is 67.8 Å². The van der Waals surface area contributed by atoms with Gasteiger partial charge >= 0.3 is 0 Å². The summed E-state index contributed by atoms with van der Waals surface area (Å²) in [5.74, 6) is 1.41. The van der Waals surface area contributed by atoms with Crippen LogP contribution in [0.15, 0.2) is 30.5 Å². The predicted molar refractivity (Wildman–Crippen MR) is 106 cm³/mol. The van der Waals surface area contributed by atoms with E-state index >= 15 is 0 Å². The SMILES string of the molecule is NCCCNc1cccc(-c2cc(CC3CCC(O)CC3)ncc2Cl)n1. The number of aliphatic hydroxyl groups excluding tert-OH is 1. The van der Waals surface area contributed by atoms with E-state index < -0.39 is 0 Å². The van der Waals surface area contributed by atoms with Gasteiger partial charge in [0.05, 0.1) is 16.8 Å². The van der Waals surface area contributed by atoms with Crippen LogP contribution in [-0.4, -0.2) is 34.3 Å². The van der Waals surface area contributed by atoms with E-state index in [1.54, 1.807) is 6.20 Å². The molecule has 140 valence electrons. The third kappa shape index (κ3) is 5.16. The molecular formula is C20H27ClN4O. The predicted octanol–water partition coefficient (Wildman–Crippen LogP) is 3.65. The quantitative estimate of drug-likeness (QED) is 0.644. The normalized spacial score (nSPS) is 20.1. The zero-order valence-corrected chi connectivity index (χ0v) is 15.8. The van der Waals surface area contributed by atoms with Crippen molar-refractivity contribution < 1.29 is 5.11 Å². The molecule has 1 aliphatic carbocycles. The lowest BCUT2D eigenvalue weighted by atomic mass is 9.84. The molecule has 0 unspecified atom stereocenters. The highest BCUT2D eigenvalue weighted by Gasteiger charge is 2.20. The Kier molecular flexibility index (Phi) is 6.83. The van der Waals surface area contributed by atoms with E-state index in [2.05, 4.69) is 21.4 Å². The smallest absolute Gasteiger partial charge is 0.126 e. The standard InChI is InChI=1S/C20H27ClN4O/c21-18-13-24-15(11-14-5-7-16(26)8-6-14)12-17(18)19-3-1-4-20(25-19)23-10-2-9-22/h1,3-4,12-14,16,26H,2,5-11,22H2,(H,23,25). The lowest BCUT2D eigenvalue weighted by Gasteiger charge is -2.25. The number of nitrogens with two attached hydrogens (primary N) is 1.